The highest BCUT2D eigenvalue weighted by atomic mass is 16.7. The van der Waals surface area contributed by atoms with E-state index < -0.39 is 61.2 Å². The van der Waals surface area contributed by atoms with E-state index in [0.717, 1.165) is 0 Å². The maximum atomic E-state index is 10.1. The van der Waals surface area contributed by atoms with Gasteiger partial charge in [0.25, 0.3) is 0 Å². The van der Waals surface area contributed by atoms with Gasteiger partial charge in [-0.1, -0.05) is 0 Å². The van der Waals surface area contributed by atoms with E-state index >= 15 is 0 Å². The predicted octanol–water partition coefficient (Wildman–Crippen LogP) is -2.27. The van der Waals surface area contributed by atoms with E-state index in [-0.39, 0.29) is 0 Å². The largest absolute Gasteiger partial charge is 0.388 e. The van der Waals surface area contributed by atoms with Crippen molar-refractivity contribution in [1.29, 1.82) is 0 Å². The van der Waals surface area contributed by atoms with Crippen molar-refractivity contribution in [2.75, 3.05) is 0 Å². The lowest BCUT2D eigenvalue weighted by molar-refractivity contribution is -0.333. The molecule has 0 aliphatic carbocycles. The monoisotopic (exact) mass is 308 g/mol. The van der Waals surface area contributed by atoms with Crippen molar-refractivity contribution in [3.63, 3.8) is 0 Å². The third-order valence-corrected chi connectivity index (χ3v) is 4.16. The molecule has 0 bridgehead atoms. The summed E-state index contributed by atoms with van der Waals surface area (Å²) in [5.74, 6) is 0. The lowest BCUT2D eigenvalue weighted by Crippen LogP contribution is -2.62. The molecule has 8 nitrogen and oxygen atoms in total. The Kier molecular flexibility index (Phi) is 5.22. The topological polar surface area (TPSA) is 129 Å². The fourth-order valence-corrected chi connectivity index (χ4v) is 2.72. The van der Waals surface area contributed by atoms with Crippen LogP contribution in [0.2, 0.25) is 0 Å². The van der Waals surface area contributed by atoms with E-state index in [1.165, 1.54) is 6.92 Å². The molecule has 21 heavy (non-hydrogen) atoms. The van der Waals surface area contributed by atoms with Crippen LogP contribution in [0.1, 0.15) is 20.8 Å². The molecule has 2 aliphatic heterocycles. The number of rotatable bonds is 2. The first kappa shape index (κ1) is 17.0. The number of aliphatic hydroxyl groups excluding tert-OH is 5. The van der Waals surface area contributed by atoms with Crippen LogP contribution in [0.3, 0.4) is 0 Å². The van der Waals surface area contributed by atoms with E-state index in [1.807, 2.05) is 0 Å². The molecule has 5 unspecified atom stereocenters. The quantitative estimate of drug-likeness (QED) is 0.386. The molecule has 124 valence electrons. The summed E-state index contributed by atoms with van der Waals surface area (Å²) in [5, 5.41) is 49.2. The van der Waals surface area contributed by atoms with Crippen LogP contribution in [-0.4, -0.2) is 86.8 Å². The van der Waals surface area contributed by atoms with E-state index in [9.17, 15) is 25.5 Å². The number of hydrogen-bond acceptors (Lipinski definition) is 8. The lowest BCUT2D eigenvalue weighted by atomic mass is 9.95. The standard InChI is InChI=1S/C13H24O8/c1-4-8(15)10(17)12(6(3)19-4)21-13-11(18)9(16)7(14)5(2)20-13/h4-18H,1-3H3/t4?,5?,6?,7-,8-,9?,10-,11+,12?,13+/m0/s1. The van der Waals surface area contributed by atoms with Crippen LogP contribution < -0.4 is 0 Å². The molecule has 0 aromatic rings. The molecule has 2 fully saturated rings. The first-order chi connectivity index (χ1) is 9.73. The van der Waals surface area contributed by atoms with Crippen molar-refractivity contribution in [2.24, 2.45) is 0 Å². The summed E-state index contributed by atoms with van der Waals surface area (Å²) in [7, 11) is 0. The molecule has 0 radical (unpaired) electrons. The molecular weight excluding hydrogens is 284 g/mol. The Bertz CT molecular complexity index is 353. The Balaban J connectivity index is 2.06. The molecular formula is C13H24O8. The molecule has 10 atom stereocenters. The van der Waals surface area contributed by atoms with Crippen molar-refractivity contribution in [1.82, 2.24) is 0 Å². The van der Waals surface area contributed by atoms with E-state index in [1.54, 1.807) is 13.8 Å². The lowest BCUT2D eigenvalue weighted by Gasteiger charge is -2.45. The molecule has 0 aromatic carbocycles. The molecule has 8 heteroatoms. The Morgan fingerprint density at radius 3 is 1.76 bits per heavy atom. The van der Waals surface area contributed by atoms with E-state index in [2.05, 4.69) is 0 Å². The van der Waals surface area contributed by atoms with E-state index in [0.29, 0.717) is 0 Å². The zero-order chi connectivity index (χ0) is 15.9. The predicted molar refractivity (Wildman–Crippen MR) is 69.3 cm³/mol. The fraction of sp³-hybridized carbons (Fsp3) is 1.00. The molecule has 2 aliphatic rings. The van der Waals surface area contributed by atoms with Gasteiger partial charge in [-0.2, -0.15) is 0 Å². The molecule has 2 rings (SSSR count). The van der Waals surface area contributed by atoms with Gasteiger partial charge in [0.1, 0.15) is 36.6 Å². The van der Waals surface area contributed by atoms with Crippen molar-refractivity contribution in [3.8, 4) is 0 Å². The van der Waals surface area contributed by atoms with Gasteiger partial charge in [0.05, 0.1) is 18.3 Å². The third-order valence-electron chi connectivity index (χ3n) is 4.16. The number of ether oxygens (including phenoxy) is 3. The minimum Gasteiger partial charge on any atom is -0.388 e. The van der Waals surface area contributed by atoms with Crippen LogP contribution in [-0.2, 0) is 14.2 Å². The second-order valence-electron chi connectivity index (χ2n) is 5.81. The molecule has 0 amide bonds. The Morgan fingerprint density at radius 1 is 0.619 bits per heavy atom. The molecule has 0 aromatic heterocycles. The average Bonchev–Trinajstić information content (AvgIpc) is 2.44. The van der Waals surface area contributed by atoms with Crippen LogP contribution in [0, 0.1) is 0 Å². The zero-order valence-corrected chi connectivity index (χ0v) is 12.2. The third kappa shape index (κ3) is 3.22. The first-order valence-electron chi connectivity index (χ1n) is 7.10. The second kappa shape index (κ2) is 6.43. The van der Waals surface area contributed by atoms with Gasteiger partial charge in [-0.3, -0.25) is 0 Å². The van der Waals surface area contributed by atoms with Crippen LogP contribution in [0.25, 0.3) is 0 Å². The van der Waals surface area contributed by atoms with Crippen molar-refractivity contribution in [2.45, 2.75) is 82.0 Å². The van der Waals surface area contributed by atoms with Crippen LogP contribution in [0.15, 0.2) is 0 Å². The zero-order valence-electron chi connectivity index (χ0n) is 12.2. The van der Waals surface area contributed by atoms with E-state index in [4.69, 9.17) is 14.2 Å². The van der Waals surface area contributed by atoms with Gasteiger partial charge in [0.2, 0.25) is 0 Å². The summed E-state index contributed by atoms with van der Waals surface area (Å²) < 4.78 is 16.3. The summed E-state index contributed by atoms with van der Waals surface area (Å²) in [6, 6.07) is 0. The normalized spacial score (nSPS) is 55.4. The summed E-state index contributed by atoms with van der Waals surface area (Å²) in [6.45, 7) is 4.83. The number of hydrogen-bond donors (Lipinski definition) is 5. The second-order valence-corrected chi connectivity index (χ2v) is 5.81. The van der Waals surface area contributed by atoms with Crippen molar-refractivity contribution < 1.29 is 39.7 Å². The highest BCUT2D eigenvalue weighted by Gasteiger charge is 2.47. The maximum absolute atomic E-state index is 10.1. The summed E-state index contributed by atoms with van der Waals surface area (Å²) in [4.78, 5) is 0. The van der Waals surface area contributed by atoms with Crippen LogP contribution in [0.4, 0.5) is 0 Å². The fourth-order valence-electron chi connectivity index (χ4n) is 2.72. The van der Waals surface area contributed by atoms with Gasteiger partial charge in [-0.25, -0.2) is 0 Å². The van der Waals surface area contributed by atoms with Gasteiger partial charge in [0.15, 0.2) is 6.29 Å². The SMILES string of the molecule is CC1OC(C)[C@H](O)[C@H](O)C1O[C@H]1OC(C)[C@H](O)C(O)[C@H]1O. The van der Waals surface area contributed by atoms with Gasteiger partial charge in [0, 0.05) is 0 Å². The Morgan fingerprint density at radius 2 is 1.14 bits per heavy atom. The summed E-state index contributed by atoms with van der Waals surface area (Å²) >= 11 is 0. The Hall–Kier alpha value is -0.320. The molecule has 0 spiro atoms. The minimum atomic E-state index is -1.47. The maximum Gasteiger partial charge on any atom is 0.187 e. The van der Waals surface area contributed by atoms with Crippen molar-refractivity contribution in [3.05, 3.63) is 0 Å². The highest BCUT2D eigenvalue weighted by Crippen LogP contribution is 2.28. The van der Waals surface area contributed by atoms with Gasteiger partial charge < -0.3 is 39.7 Å². The average molecular weight is 308 g/mol. The molecule has 2 saturated heterocycles. The number of aliphatic hydroxyl groups is 5. The van der Waals surface area contributed by atoms with Crippen LogP contribution in [0.5, 0.6) is 0 Å². The van der Waals surface area contributed by atoms with Gasteiger partial charge in [-0.15, -0.1) is 0 Å². The summed E-state index contributed by atoms with van der Waals surface area (Å²) in [6.07, 6.45) is -10.4. The first-order valence-corrected chi connectivity index (χ1v) is 7.10. The molecule has 0 saturated carbocycles. The highest BCUT2D eigenvalue weighted by molar-refractivity contribution is 4.93. The smallest absolute Gasteiger partial charge is 0.187 e. The van der Waals surface area contributed by atoms with Gasteiger partial charge >= 0.3 is 0 Å². The Labute approximate surface area is 122 Å². The molecule has 5 N–H and O–H groups in total. The van der Waals surface area contributed by atoms with Crippen molar-refractivity contribution >= 4 is 0 Å². The molecule has 2 heterocycles. The summed E-state index contributed by atoms with van der Waals surface area (Å²) in [5.41, 5.74) is 0. The minimum absolute atomic E-state index is 0.534. The van der Waals surface area contributed by atoms with Crippen LogP contribution >= 0.6 is 0 Å². The van der Waals surface area contributed by atoms with Gasteiger partial charge in [-0.05, 0) is 20.8 Å².